The van der Waals surface area contributed by atoms with Crippen molar-refractivity contribution < 1.29 is 5.11 Å². The van der Waals surface area contributed by atoms with Gasteiger partial charge in [-0.05, 0) is 37.0 Å². The van der Waals surface area contributed by atoms with Gasteiger partial charge in [0.25, 0.3) is 0 Å². The standard InChI is InChI=1S/C8H14O/c9-6-8(4-5-8)7-2-1-3-7/h7,9H,1-6H2. The Balaban J connectivity index is 1.94. The molecule has 1 heteroatoms. The lowest BCUT2D eigenvalue weighted by molar-refractivity contribution is 0.104. The molecule has 0 aromatic heterocycles. The van der Waals surface area contributed by atoms with Gasteiger partial charge >= 0.3 is 0 Å². The molecule has 0 saturated heterocycles. The minimum atomic E-state index is 0.443. The van der Waals surface area contributed by atoms with Crippen molar-refractivity contribution in [2.75, 3.05) is 6.61 Å². The third kappa shape index (κ3) is 0.710. The monoisotopic (exact) mass is 126 g/mol. The third-order valence-electron chi connectivity index (χ3n) is 3.18. The van der Waals surface area contributed by atoms with Crippen LogP contribution in [0.15, 0.2) is 0 Å². The highest BCUT2D eigenvalue weighted by Gasteiger charge is 2.50. The van der Waals surface area contributed by atoms with Crippen molar-refractivity contribution in [3.8, 4) is 0 Å². The summed E-state index contributed by atoms with van der Waals surface area (Å²) in [5.74, 6) is 0.905. The Kier molecular flexibility index (Phi) is 1.10. The Labute approximate surface area is 56.1 Å². The summed E-state index contributed by atoms with van der Waals surface area (Å²) < 4.78 is 0. The van der Waals surface area contributed by atoms with E-state index >= 15 is 0 Å². The van der Waals surface area contributed by atoms with Crippen LogP contribution in [0.3, 0.4) is 0 Å². The van der Waals surface area contributed by atoms with Crippen molar-refractivity contribution >= 4 is 0 Å². The van der Waals surface area contributed by atoms with Crippen molar-refractivity contribution in [3.63, 3.8) is 0 Å². The summed E-state index contributed by atoms with van der Waals surface area (Å²) in [6.45, 7) is 0.456. The molecule has 52 valence electrons. The van der Waals surface area contributed by atoms with Gasteiger partial charge in [0.1, 0.15) is 0 Å². The zero-order chi connectivity index (χ0) is 6.32. The van der Waals surface area contributed by atoms with Gasteiger partial charge in [-0.3, -0.25) is 0 Å². The zero-order valence-electron chi connectivity index (χ0n) is 5.77. The second-order valence-electron chi connectivity index (χ2n) is 3.65. The Morgan fingerprint density at radius 2 is 2.00 bits per heavy atom. The largest absolute Gasteiger partial charge is 0.396 e. The molecule has 0 aliphatic heterocycles. The van der Waals surface area contributed by atoms with E-state index in [0.29, 0.717) is 12.0 Å². The molecule has 0 aromatic carbocycles. The first kappa shape index (κ1) is 5.72. The molecule has 0 spiro atoms. The molecular formula is C8H14O. The lowest BCUT2D eigenvalue weighted by Gasteiger charge is -2.32. The zero-order valence-corrected chi connectivity index (χ0v) is 5.77. The molecule has 0 amide bonds. The number of hydrogen-bond donors (Lipinski definition) is 1. The first-order chi connectivity index (χ1) is 4.37. The predicted octanol–water partition coefficient (Wildman–Crippen LogP) is 1.56. The van der Waals surface area contributed by atoms with Crippen LogP contribution in [0.1, 0.15) is 32.1 Å². The van der Waals surface area contributed by atoms with Crippen molar-refractivity contribution in [1.29, 1.82) is 0 Å². The van der Waals surface area contributed by atoms with E-state index in [9.17, 15) is 0 Å². The van der Waals surface area contributed by atoms with Crippen LogP contribution in [0.5, 0.6) is 0 Å². The van der Waals surface area contributed by atoms with E-state index in [1.165, 1.54) is 32.1 Å². The normalized spacial score (nSPS) is 31.7. The van der Waals surface area contributed by atoms with Gasteiger partial charge in [0.15, 0.2) is 0 Å². The Morgan fingerprint density at radius 1 is 1.33 bits per heavy atom. The number of hydrogen-bond acceptors (Lipinski definition) is 1. The van der Waals surface area contributed by atoms with Crippen LogP contribution >= 0.6 is 0 Å². The maximum absolute atomic E-state index is 8.99. The molecule has 2 fully saturated rings. The average Bonchev–Trinajstić information content (AvgIpc) is 2.44. The lowest BCUT2D eigenvalue weighted by Crippen LogP contribution is -2.25. The van der Waals surface area contributed by atoms with E-state index in [1.807, 2.05) is 0 Å². The van der Waals surface area contributed by atoms with Gasteiger partial charge in [-0.1, -0.05) is 6.42 Å². The maximum Gasteiger partial charge on any atom is 0.0490 e. The lowest BCUT2D eigenvalue weighted by atomic mass is 9.74. The molecule has 1 nitrogen and oxygen atoms in total. The molecule has 2 rings (SSSR count). The van der Waals surface area contributed by atoms with Gasteiger partial charge in [0.05, 0.1) is 0 Å². The molecule has 0 bridgehead atoms. The first-order valence-electron chi connectivity index (χ1n) is 3.98. The van der Waals surface area contributed by atoms with Crippen LogP contribution < -0.4 is 0 Å². The van der Waals surface area contributed by atoms with E-state index in [1.54, 1.807) is 0 Å². The quantitative estimate of drug-likeness (QED) is 0.595. The Hall–Kier alpha value is -0.0400. The smallest absolute Gasteiger partial charge is 0.0490 e. The fourth-order valence-corrected chi connectivity index (χ4v) is 1.88. The van der Waals surface area contributed by atoms with Crippen LogP contribution in [0.4, 0.5) is 0 Å². The van der Waals surface area contributed by atoms with Crippen molar-refractivity contribution in [2.45, 2.75) is 32.1 Å². The van der Waals surface area contributed by atoms with Crippen molar-refractivity contribution in [2.24, 2.45) is 11.3 Å². The second kappa shape index (κ2) is 1.72. The molecule has 9 heavy (non-hydrogen) atoms. The molecule has 0 aromatic rings. The topological polar surface area (TPSA) is 20.2 Å². The highest BCUT2D eigenvalue weighted by Crippen LogP contribution is 2.57. The van der Waals surface area contributed by atoms with E-state index in [4.69, 9.17) is 5.11 Å². The van der Waals surface area contributed by atoms with Gasteiger partial charge in [-0.25, -0.2) is 0 Å². The molecule has 1 N–H and O–H groups in total. The van der Waals surface area contributed by atoms with Gasteiger partial charge in [0.2, 0.25) is 0 Å². The SMILES string of the molecule is OCC1(C2CCC2)CC1. The molecule has 0 heterocycles. The molecule has 2 aliphatic carbocycles. The van der Waals surface area contributed by atoms with E-state index in [0.717, 1.165) is 5.92 Å². The predicted molar refractivity (Wildman–Crippen MR) is 36.1 cm³/mol. The summed E-state index contributed by atoms with van der Waals surface area (Å²) in [6.07, 6.45) is 6.79. The van der Waals surface area contributed by atoms with Gasteiger partial charge in [0, 0.05) is 6.61 Å². The first-order valence-corrected chi connectivity index (χ1v) is 3.98. The Bertz CT molecular complexity index is 112. The van der Waals surface area contributed by atoms with Gasteiger partial charge < -0.3 is 5.11 Å². The number of aliphatic hydroxyl groups excluding tert-OH is 1. The van der Waals surface area contributed by atoms with Gasteiger partial charge in [-0.2, -0.15) is 0 Å². The van der Waals surface area contributed by atoms with Crippen molar-refractivity contribution in [1.82, 2.24) is 0 Å². The average molecular weight is 126 g/mol. The maximum atomic E-state index is 8.99. The van der Waals surface area contributed by atoms with Crippen LogP contribution in [0.2, 0.25) is 0 Å². The van der Waals surface area contributed by atoms with E-state index in [-0.39, 0.29) is 0 Å². The van der Waals surface area contributed by atoms with Crippen molar-refractivity contribution in [3.05, 3.63) is 0 Å². The summed E-state index contributed by atoms with van der Waals surface area (Å²) in [5, 5.41) is 8.99. The molecule has 2 saturated carbocycles. The fourth-order valence-electron chi connectivity index (χ4n) is 1.88. The Morgan fingerprint density at radius 3 is 2.11 bits per heavy atom. The summed E-state index contributed by atoms with van der Waals surface area (Å²) in [6, 6.07) is 0. The molecule has 2 aliphatic rings. The molecule has 0 atom stereocenters. The highest BCUT2D eigenvalue weighted by molar-refractivity contribution is 5.00. The van der Waals surface area contributed by atoms with Gasteiger partial charge in [-0.15, -0.1) is 0 Å². The minimum absolute atomic E-state index is 0.443. The molecule has 0 radical (unpaired) electrons. The summed E-state index contributed by atoms with van der Waals surface area (Å²) in [5.41, 5.74) is 0.443. The molecular weight excluding hydrogens is 112 g/mol. The van der Waals surface area contributed by atoms with Crippen LogP contribution in [-0.2, 0) is 0 Å². The van der Waals surface area contributed by atoms with Crippen LogP contribution in [-0.4, -0.2) is 11.7 Å². The fraction of sp³-hybridized carbons (Fsp3) is 1.00. The number of rotatable bonds is 2. The summed E-state index contributed by atoms with van der Waals surface area (Å²) >= 11 is 0. The van der Waals surface area contributed by atoms with Crippen LogP contribution in [0, 0.1) is 11.3 Å². The third-order valence-corrected chi connectivity index (χ3v) is 3.18. The second-order valence-corrected chi connectivity index (χ2v) is 3.65. The highest BCUT2D eigenvalue weighted by atomic mass is 16.3. The van der Waals surface area contributed by atoms with E-state index in [2.05, 4.69) is 0 Å². The summed E-state index contributed by atoms with van der Waals surface area (Å²) in [4.78, 5) is 0. The minimum Gasteiger partial charge on any atom is -0.396 e. The van der Waals surface area contributed by atoms with Crippen LogP contribution in [0.25, 0.3) is 0 Å². The van der Waals surface area contributed by atoms with E-state index < -0.39 is 0 Å². The molecule has 0 unspecified atom stereocenters. The number of aliphatic hydroxyl groups is 1. The summed E-state index contributed by atoms with van der Waals surface area (Å²) in [7, 11) is 0.